The molecule has 0 fully saturated rings. The van der Waals surface area contributed by atoms with E-state index in [-0.39, 0.29) is 0 Å². The highest BCUT2D eigenvalue weighted by atomic mass is 32.1. The molecule has 2 heterocycles. The van der Waals surface area contributed by atoms with E-state index in [1.807, 2.05) is 11.3 Å². The zero-order valence-electron chi connectivity index (χ0n) is 23.2. The van der Waals surface area contributed by atoms with Gasteiger partial charge in [0.15, 0.2) is 0 Å². The zero-order valence-corrected chi connectivity index (χ0v) is 24.0. The second-order valence-corrected chi connectivity index (χ2v) is 12.0. The van der Waals surface area contributed by atoms with Gasteiger partial charge in [-0.3, -0.25) is 0 Å². The fourth-order valence-electron chi connectivity index (χ4n) is 6.53. The number of hydrogen-bond acceptors (Lipinski definition) is 3. The third-order valence-electron chi connectivity index (χ3n) is 8.44. The van der Waals surface area contributed by atoms with Gasteiger partial charge in [0.1, 0.15) is 11.2 Å². The fourth-order valence-corrected chi connectivity index (χ4v) is 7.62. The summed E-state index contributed by atoms with van der Waals surface area (Å²) in [6, 6.07) is 54.1. The number of fused-ring (bicyclic) bond motifs is 8. The molecule has 0 radical (unpaired) electrons. The van der Waals surface area contributed by atoms with Crippen LogP contribution in [0.1, 0.15) is 0 Å². The van der Waals surface area contributed by atoms with Gasteiger partial charge >= 0.3 is 0 Å². The minimum absolute atomic E-state index is 0.899. The Kier molecular flexibility index (Phi) is 5.40. The number of thiophene rings is 1. The predicted octanol–water partition coefficient (Wildman–Crippen LogP) is 12.2. The molecule has 9 rings (SSSR count). The summed E-state index contributed by atoms with van der Waals surface area (Å²) >= 11 is 1.85. The van der Waals surface area contributed by atoms with Crippen molar-refractivity contribution in [2.24, 2.45) is 0 Å². The van der Waals surface area contributed by atoms with Gasteiger partial charge in [-0.25, -0.2) is 0 Å². The summed E-state index contributed by atoms with van der Waals surface area (Å²) in [4.78, 5) is 2.35. The summed E-state index contributed by atoms with van der Waals surface area (Å²) in [6.07, 6.45) is 0. The zero-order chi connectivity index (χ0) is 28.3. The first-order valence-corrected chi connectivity index (χ1v) is 15.3. The van der Waals surface area contributed by atoms with Gasteiger partial charge in [-0.15, -0.1) is 11.3 Å². The van der Waals surface area contributed by atoms with Crippen LogP contribution in [0.2, 0.25) is 0 Å². The molecule has 0 saturated heterocycles. The summed E-state index contributed by atoms with van der Waals surface area (Å²) in [6.45, 7) is 0. The molecule has 0 saturated carbocycles. The molecule has 0 amide bonds. The van der Waals surface area contributed by atoms with E-state index >= 15 is 0 Å². The Morgan fingerprint density at radius 3 is 1.88 bits per heavy atom. The quantitative estimate of drug-likeness (QED) is 0.210. The summed E-state index contributed by atoms with van der Waals surface area (Å²) in [5, 5.41) is 7.12. The summed E-state index contributed by atoms with van der Waals surface area (Å²) in [5.41, 5.74) is 7.54. The third-order valence-corrected chi connectivity index (χ3v) is 9.59. The predicted molar refractivity (Wildman–Crippen MR) is 184 cm³/mol. The van der Waals surface area contributed by atoms with E-state index in [9.17, 15) is 0 Å². The van der Waals surface area contributed by atoms with Crippen molar-refractivity contribution in [2.45, 2.75) is 0 Å². The van der Waals surface area contributed by atoms with Crippen LogP contribution in [0.3, 0.4) is 0 Å². The Balaban J connectivity index is 1.36. The lowest BCUT2D eigenvalue weighted by atomic mass is 9.96. The van der Waals surface area contributed by atoms with Crippen molar-refractivity contribution in [3.05, 3.63) is 152 Å². The highest BCUT2D eigenvalue weighted by molar-refractivity contribution is 7.25. The molecule has 2 nitrogen and oxygen atoms in total. The van der Waals surface area contributed by atoms with Crippen LogP contribution in [0.5, 0.6) is 0 Å². The molecule has 3 heteroatoms. The molecule has 0 aliphatic carbocycles. The average molecular weight is 568 g/mol. The number of hydrogen-bond donors (Lipinski definition) is 0. The van der Waals surface area contributed by atoms with Crippen LogP contribution in [0.15, 0.2) is 156 Å². The Morgan fingerprint density at radius 2 is 1.12 bits per heavy atom. The molecular formula is C40H25NOS. The van der Waals surface area contributed by atoms with Crippen LogP contribution in [0.4, 0.5) is 17.1 Å². The first-order valence-electron chi connectivity index (χ1n) is 14.5. The molecule has 0 aliphatic heterocycles. The molecule has 0 bridgehead atoms. The van der Waals surface area contributed by atoms with Crippen LogP contribution < -0.4 is 4.90 Å². The average Bonchev–Trinajstić information content (AvgIpc) is 3.64. The van der Waals surface area contributed by atoms with Crippen LogP contribution in [0, 0.1) is 0 Å². The summed E-state index contributed by atoms with van der Waals surface area (Å²) in [7, 11) is 0. The topological polar surface area (TPSA) is 16.4 Å². The number of para-hydroxylation sites is 2. The van der Waals surface area contributed by atoms with Crippen LogP contribution >= 0.6 is 11.3 Å². The number of nitrogens with zero attached hydrogens (tertiary/aromatic N) is 1. The van der Waals surface area contributed by atoms with Gasteiger partial charge < -0.3 is 9.32 Å². The Hall–Kier alpha value is -5.38. The van der Waals surface area contributed by atoms with Crippen LogP contribution in [0.25, 0.3) is 64.0 Å². The van der Waals surface area contributed by atoms with E-state index in [4.69, 9.17) is 4.42 Å². The van der Waals surface area contributed by atoms with E-state index in [0.29, 0.717) is 0 Å². The van der Waals surface area contributed by atoms with Gasteiger partial charge in [0.25, 0.3) is 0 Å². The minimum Gasteiger partial charge on any atom is -0.455 e. The van der Waals surface area contributed by atoms with Gasteiger partial charge in [-0.1, -0.05) is 97.1 Å². The van der Waals surface area contributed by atoms with Gasteiger partial charge in [0.2, 0.25) is 0 Å². The van der Waals surface area contributed by atoms with Gasteiger partial charge in [0.05, 0.1) is 5.69 Å². The van der Waals surface area contributed by atoms with Crippen molar-refractivity contribution in [1.82, 2.24) is 0 Å². The normalized spacial score (nSPS) is 11.7. The standard InChI is InChI=1S/C40H25NOS/c1-3-12-27(13-4-1)41(28-14-5-2-6-15-28)35-25-34-39-29(19-11-20-36(39)42-40(34)32-18-8-7-16-30(32)35)26-22-23-38-33(24-26)31-17-9-10-21-37(31)43-38/h1-25H. The van der Waals surface area contributed by atoms with Crippen molar-refractivity contribution < 1.29 is 4.42 Å². The van der Waals surface area contributed by atoms with Crippen molar-refractivity contribution in [2.75, 3.05) is 4.90 Å². The molecule has 7 aromatic carbocycles. The van der Waals surface area contributed by atoms with Crippen molar-refractivity contribution in [1.29, 1.82) is 0 Å². The molecule has 0 unspecified atom stereocenters. The second-order valence-electron chi connectivity index (χ2n) is 10.9. The fraction of sp³-hybridized carbons (Fsp3) is 0. The Bertz CT molecular complexity index is 2420. The third kappa shape index (κ3) is 3.79. The summed E-state index contributed by atoms with van der Waals surface area (Å²) < 4.78 is 9.33. The Morgan fingerprint density at radius 1 is 0.465 bits per heavy atom. The van der Waals surface area contributed by atoms with Crippen molar-refractivity contribution >= 4 is 81.3 Å². The molecule has 0 atom stereocenters. The maximum atomic E-state index is 6.70. The smallest absolute Gasteiger partial charge is 0.143 e. The van der Waals surface area contributed by atoms with E-state index in [0.717, 1.165) is 49.8 Å². The molecule has 9 aromatic rings. The van der Waals surface area contributed by atoms with Crippen molar-refractivity contribution in [3.8, 4) is 11.1 Å². The van der Waals surface area contributed by atoms with E-state index in [1.165, 1.54) is 31.3 Å². The minimum atomic E-state index is 0.899. The van der Waals surface area contributed by atoms with Crippen molar-refractivity contribution in [3.63, 3.8) is 0 Å². The molecular weight excluding hydrogens is 543 g/mol. The first-order chi connectivity index (χ1) is 21.3. The number of furan rings is 1. The maximum Gasteiger partial charge on any atom is 0.143 e. The lowest BCUT2D eigenvalue weighted by molar-refractivity contribution is 0.673. The molecule has 2 aromatic heterocycles. The van der Waals surface area contributed by atoms with Crippen LogP contribution in [-0.2, 0) is 0 Å². The molecule has 0 N–H and O–H groups in total. The number of rotatable bonds is 4. The lowest BCUT2D eigenvalue weighted by Crippen LogP contribution is -2.10. The largest absolute Gasteiger partial charge is 0.455 e. The highest BCUT2D eigenvalue weighted by Gasteiger charge is 2.21. The highest BCUT2D eigenvalue weighted by Crippen LogP contribution is 2.46. The van der Waals surface area contributed by atoms with E-state index in [2.05, 4.69) is 157 Å². The summed E-state index contributed by atoms with van der Waals surface area (Å²) in [5.74, 6) is 0. The van der Waals surface area contributed by atoms with Gasteiger partial charge in [0, 0.05) is 53.1 Å². The monoisotopic (exact) mass is 567 g/mol. The first kappa shape index (κ1) is 24.2. The van der Waals surface area contributed by atoms with Crippen LogP contribution in [-0.4, -0.2) is 0 Å². The molecule has 43 heavy (non-hydrogen) atoms. The SMILES string of the molecule is c1ccc(N(c2ccccc2)c2cc3c(oc4cccc(-c5ccc6sc7ccccc7c6c5)c43)c3ccccc23)cc1. The van der Waals surface area contributed by atoms with Gasteiger partial charge in [-0.2, -0.15) is 0 Å². The maximum absolute atomic E-state index is 6.70. The van der Waals surface area contributed by atoms with E-state index in [1.54, 1.807) is 0 Å². The van der Waals surface area contributed by atoms with E-state index < -0.39 is 0 Å². The second kappa shape index (κ2) is 9.59. The number of benzene rings is 7. The number of anilines is 3. The molecule has 0 spiro atoms. The Labute approximate surface area is 252 Å². The molecule has 202 valence electrons. The lowest BCUT2D eigenvalue weighted by Gasteiger charge is -2.27. The molecule has 0 aliphatic rings. The van der Waals surface area contributed by atoms with Gasteiger partial charge in [-0.05, 0) is 65.7 Å².